The summed E-state index contributed by atoms with van der Waals surface area (Å²) in [4.78, 5) is 12.4. The molecular formula is C20H27N3O2S. The van der Waals surface area contributed by atoms with E-state index in [0.717, 1.165) is 12.8 Å². The Hall–Kier alpha value is -1.82. The van der Waals surface area contributed by atoms with Crippen molar-refractivity contribution in [1.29, 1.82) is 0 Å². The Kier molecular flexibility index (Phi) is 6.72. The number of hydrogen-bond donors (Lipinski definition) is 1. The fraction of sp³-hybridized carbons (Fsp3) is 0.550. The maximum Gasteiger partial charge on any atom is 0.277 e. The Morgan fingerprint density at radius 3 is 2.65 bits per heavy atom. The smallest absolute Gasteiger partial charge is 0.277 e. The summed E-state index contributed by atoms with van der Waals surface area (Å²) in [5.41, 5.74) is 1.25. The molecule has 1 aromatic carbocycles. The minimum absolute atomic E-state index is 0.0549. The van der Waals surface area contributed by atoms with Gasteiger partial charge in [-0.1, -0.05) is 68.3 Å². The van der Waals surface area contributed by atoms with Gasteiger partial charge in [0, 0.05) is 12.5 Å². The van der Waals surface area contributed by atoms with Crippen molar-refractivity contribution < 1.29 is 9.21 Å². The van der Waals surface area contributed by atoms with Crippen LogP contribution < -0.4 is 5.32 Å². The van der Waals surface area contributed by atoms with Crippen molar-refractivity contribution in [2.75, 3.05) is 0 Å². The van der Waals surface area contributed by atoms with Gasteiger partial charge in [0.25, 0.3) is 5.22 Å². The van der Waals surface area contributed by atoms with Gasteiger partial charge in [0.15, 0.2) is 0 Å². The maximum atomic E-state index is 12.4. The molecular weight excluding hydrogens is 346 g/mol. The first-order chi connectivity index (χ1) is 12.6. The van der Waals surface area contributed by atoms with Crippen LogP contribution in [-0.2, 0) is 11.2 Å². The largest absolute Gasteiger partial charge is 0.416 e. The van der Waals surface area contributed by atoms with Crippen LogP contribution in [0.5, 0.6) is 0 Å². The number of carbonyl (C=O) groups is 1. The van der Waals surface area contributed by atoms with E-state index in [1.165, 1.54) is 36.6 Å². The van der Waals surface area contributed by atoms with Gasteiger partial charge in [-0.05, 0) is 31.2 Å². The number of benzene rings is 1. The first-order valence-corrected chi connectivity index (χ1v) is 10.3. The molecule has 1 amide bonds. The van der Waals surface area contributed by atoms with Crippen molar-refractivity contribution in [3.05, 3.63) is 41.8 Å². The van der Waals surface area contributed by atoms with Gasteiger partial charge >= 0.3 is 0 Å². The van der Waals surface area contributed by atoms with Gasteiger partial charge in [0.05, 0.1) is 5.25 Å². The summed E-state index contributed by atoms with van der Waals surface area (Å²) in [5.74, 6) is 0.976. The zero-order valence-corrected chi connectivity index (χ0v) is 16.3. The average molecular weight is 374 g/mol. The summed E-state index contributed by atoms with van der Waals surface area (Å²) in [6.07, 6.45) is 6.57. The van der Waals surface area contributed by atoms with Crippen molar-refractivity contribution in [2.45, 2.75) is 74.8 Å². The van der Waals surface area contributed by atoms with E-state index in [1.54, 1.807) is 0 Å². The zero-order chi connectivity index (χ0) is 18.4. The number of nitrogens with one attached hydrogen (secondary N) is 1. The molecule has 1 N–H and O–H groups in total. The summed E-state index contributed by atoms with van der Waals surface area (Å²) in [6.45, 7) is 4.03. The summed E-state index contributed by atoms with van der Waals surface area (Å²) in [6, 6.07) is 10.6. The molecule has 1 aromatic heterocycles. The quantitative estimate of drug-likeness (QED) is 0.731. The molecule has 1 aliphatic carbocycles. The Labute approximate surface area is 159 Å². The van der Waals surface area contributed by atoms with Crippen molar-refractivity contribution in [2.24, 2.45) is 0 Å². The predicted octanol–water partition coefficient (Wildman–Crippen LogP) is 4.35. The van der Waals surface area contributed by atoms with Gasteiger partial charge in [-0.15, -0.1) is 10.2 Å². The van der Waals surface area contributed by atoms with E-state index in [4.69, 9.17) is 4.42 Å². The third kappa shape index (κ3) is 5.34. The summed E-state index contributed by atoms with van der Waals surface area (Å²) in [7, 11) is 0. The molecule has 6 heteroatoms. The number of aromatic nitrogens is 2. The highest BCUT2D eigenvalue weighted by Crippen LogP contribution is 2.25. The summed E-state index contributed by atoms with van der Waals surface area (Å²) >= 11 is 1.33. The molecule has 1 saturated carbocycles. The molecule has 1 fully saturated rings. The normalized spacial score (nSPS) is 17.6. The first-order valence-electron chi connectivity index (χ1n) is 9.46. The minimum Gasteiger partial charge on any atom is -0.416 e. The highest BCUT2D eigenvalue weighted by atomic mass is 32.2. The van der Waals surface area contributed by atoms with Crippen LogP contribution in [0.25, 0.3) is 0 Å². The van der Waals surface area contributed by atoms with Gasteiger partial charge in [-0.25, -0.2) is 0 Å². The molecule has 1 heterocycles. The molecule has 2 aromatic rings. The van der Waals surface area contributed by atoms with Crippen LogP contribution in [0.15, 0.2) is 40.0 Å². The van der Waals surface area contributed by atoms with E-state index < -0.39 is 0 Å². The van der Waals surface area contributed by atoms with E-state index in [1.807, 2.05) is 25.1 Å². The van der Waals surface area contributed by atoms with Crippen LogP contribution in [-0.4, -0.2) is 27.4 Å². The van der Waals surface area contributed by atoms with Crippen LogP contribution in [0.1, 0.15) is 63.3 Å². The van der Waals surface area contributed by atoms with E-state index >= 15 is 0 Å². The predicted molar refractivity (Wildman–Crippen MR) is 103 cm³/mol. The number of thioether (sulfide) groups is 1. The Morgan fingerprint density at radius 2 is 1.92 bits per heavy atom. The van der Waals surface area contributed by atoms with Crippen molar-refractivity contribution in [3.63, 3.8) is 0 Å². The Bertz CT molecular complexity index is 698. The number of amides is 1. The number of rotatable bonds is 7. The lowest BCUT2D eigenvalue weighted by Gasteiger charge is -2.23. The second-order valence-corrected chi connectivity index (χ2v) is 8.37. The third-order valence-electron chi connectivity index (χ3n) is 4.90. The number of carbonyl (C=O) groups excluding carboxylic acids is 1. The summed E-state index contributed by atoms with van der Waals surface area (Å²) in [5, 5.41) is 11.6. The van der Waals surface area contributed by atoms with Gasteiger partial charge in [0.2, 0.25) is 11.8 Å². The maximum absolute atomic E-state index is 12.4. The molecule has 0 bridgehead atoms. The van der Waals surface area contributed by atoms with E-state index in [9.17, 15) is 4.79 Å². The van der Waals surface area contributed by atoms with Crippen LogP contribution in [0.3, 0.4) is 0 Å². The molecule has 0 spiro atoms. The van der Waals surface area contributed by atoms with Gasteiger partial charge in [0.1, 0.15) is 0 Å². The number of nitrogens with zero attached hydrogens (tertiary/aromatic N) is 2. The molecule has 140 valence electrons. The van der Waals surface area contributed by atoms with Crippen LogP contribution in [0, 0.1) is 0 Å². The molecule has 1 aliphatic rings. The molecule has 0 radical (unpaired) electrons. The van der Waals surface area contributed by atoms with Crippen LogP contribution in [0.4, 0.5) is 0 Å². The fourth-order valence-electron chi connectivity index (χ4n) is 3.30. The lowest BCUT2D eigenvalue weighted by atomic mass is 9.95. The van der Waals surface area contributed by atoms with E-state index in [-0.39, 0.29) is 11.2 Å². The highest BCUT2D eigenvalue weighted by molar-refractivity contribution is 8.00. The topological polar surface area (TPSA) is 68.0 Å². The molecule has 5 nitrogen and oxygen atoms in total. The molecule has 0 aliphatic heterocycles. The van der Waals surface area contributed by atoms with Crippen molar-refractivity contribution in [3.8, 4) is 0 Å². The highest BCUT2D eigenvalue weighted by Gasteiger charge is 2.22. The molecule has 2 atom stereocenters. The van der Waals surface area contributed by atoms with Crippen molar-refractivity contribution >= 4 is 17.7 Å². The first kappa shape index (κ1) is 19.0. The second kappa shape index (κ2) is 9.21. The molecule has 0 saturated heterocycles. The second-order valence-electron chi connectivity index (χ2n) is 7.08. The number of hydrogen-bond acceptors (Lipinski definition) is 5. The van der Waals surface area contributed by atoms with E-state index in [0.29, 0.717) is 29.5 Å². The Balaban J connectivity index is 1.50. The SMILES string of the molecule is CC(Sc1nnc(CC(C)c2ccccc2)o1)C(=O)NC1CCCCC1. The standard InChI is InChI=1S/C20H27N3O2S/c1-14(16-9-5-3-6-10-16)13-18-22-23-20(25-18)26-15(2)19(24)21-17-11-7-4-8-12-17/h3,5-6,9-10,14-15,17H,4,7-8,11-13H2,1-2H3,(H,21,24). The van der Waals surface area contributed by atoms with Gasteiger partial charge in [-0.3, -0.25) is 4.79 Å². The van der Waals surface area contributed by atoms with Gasteiger partial charge < -0.3 is 9.73 Å². The van der Waals surface area contributed by atoms with E-state index in [2.05, 4.69) is 34.6 Å². The average Bonchev–Trinajstić information content (AvgIpc) is 3.10. The summed E-state index contributed by atoms with van der Waals surface area (Å²) < 4.78 is 5.75. The third-order valence-corrected chi connectivity index (χ3v) is 5.83. The lowest BCUT2D eigenvalue weighted by Crippen LogP contribution is -2.40. The zero-order valence-electron chi connectivity index (χ0n) is 15.5. The monoisotopic (exact) mass is 373 g/mol. The lowest BCUT2D eigenvalue weighted by molar-refractivity contribution is -0.121. The molecule has 2 unspecified atom stereocenters. The van der Waals surface area contributed by atoms with Crippen LogP contribution in [0.2, 0.25) is 0 Å². The Morgan fingerprint density at radius 1 is 1.19 bits per heavy atom. The fourth-order valence-corrected chi connectivity index (χ4v) is 4.01. The van der Waals surface area contributed by atoms with Crippen molar-refractivity contribution in [1.82, 2.24) is 15.5 Å². The van der Waals surface area contributed by atoms with Crippen LogP contribution >= 0.6 is 11.8 Å². The molecule has 3 rings (SSSR count). The minimum atomic E-state index is -0.239. The van der Waals surface area contributed by atoms with Gasteiger partial charge in [-0.2, -0.15) is 0 Å². The molecule has 26 heavy (non-hydrogen) atoms.